The molecule has 1 aromatic carbocycles. The van der Waals surface area contributed by atoms with Gasteiger partial charge in [-0.25, -0.2) is 23.5 Å². The Bertz CT molecular complexity index is 1990. The molecule has 1 amide bonds. The number of aryl methyl sites for hydroxylation is 1. The molecule has 0 spiro atoms. The van der Waals surface area contributed by atoms with E-state index in [1.807, 2.05) is 77.6 Å². The third kappa shape index (κ3) is 5.51. The third-order valence-electron chi connectivity index (χ3n) is 8.01. The van der Waals surface area contributed by atoms with E-state index in [4.69, 9.17) is 14.1 Å². The van der Waals surface area contributed by atoms with Crippen molar-refractivity contribution in [2.75, 3.05) is 24.5 Å². The quantitative estimate of drug-likeness (QED) is 0.223. The first kappa shape index (κ1) is 30.2. The minimum atomic E-state index is -0.625. The summed E-state index contributed by atoms with van der Waals surface area (Å²) >= 11 is 0. The maximum Gasteiger partial charge on any atom is 0.410 e. The Balaban J connectivity index is 1.56. The highest BCUT2D eigenvalue weighted by molar-refractivity contribution is 5.95. The Kier molecular flexibility index (Phi) is 7.58. The molecule has 5 heterocycles. The number of anilines is 1. The van der Waals surface area contributed by atoms with Crippen molar-refractivity contribution in [1.82, 2.24) is 24.4 Å². The lowest BCUT2D eigenvalue weighted by Crippen LogP contribution is -2.55. The van der Waals surface area contributed by atoms with Crippen LogP contribution >= 0.6 is 0 Å². The predicted molar refractivity (Wildman–Crippen MR) is 172 cm³/mol. The SMILES string of the molecule is Cc1ccnc(C(C)C)c1-n1c(=O)nc(N2CCN(C(=O)OC(C)(C)C)C[C@@H]2C)c2cc(F)c(-c3cccc4ccoc34)nc21. The Labute approximate surface area is 260 Å². The summed E-state index contributed by atoms with van der Waals surface area (Å²) in [6.07, 6.45) is 2.86. The molecule has 0 radical (unpaired) electrons. The van der Waals surface area contributed by atoms with Crippen LogP contribution in [0, 0.1) is 12.7 Å². The van der Waals surface area contributed by atoms with Gasteiger partial charge in [-0.2, -0.15) is 4.98 Å². The van der Waals surface area contributed by atoms with Crippen LogP contribution in [0.15, 0.2) is 58.1 Å². The molecule has 10 nitrogen and oxygen atoms in total. The first-order valence-electron chi connectivity index (χ1n) is 15.1. The van der Waals surface area contributed by atoms with Crippen LogP contribution in [-0.4, -0.2) is 61.8 Å². The number of nitrogens with zero attached hydrogens (tertiary/aromatic N) is 6. The Morgan fingerprint density at radius 2 is 1.91 bits per heavy atom. The maximum atomic E-state index is 16.2. The van der Waals surface area contributed by atoms with Gasteiger partial charge in [0.15, 0.2) is 11.5 Å². The smallest absolute Gasteiger partial charge is 0.410 e. The number of ether oxygens (including phenoxy) is 1. The van der Waals surface area contributed by atoms with Gasteiger partial charge in [-0.15, -0.1) is 0 Å². The van der Waals surface area contributed by atoms with Crippen molar-refractivity contribution < 1.29 is 18.3 Å². The summed E-state index contributed by atoms with van der Waals surface area (Å²) in [4.78, 5) is 44.5. The number of hydrogen-bond donors (Lipinski definition) is 0. The van der Waals surface area contributed by atoms with Crippen LogP contribution in [0.2, 0.25) is 0 Å². The van der Waals surface area contributed by atoms with Gasteiger partial charge in [0.05, 0.1) is 23.0 Å². The largest absolute Gasteiger partial charge is 0.464 e. The van der Waals surface area contributed by atoms with Gasteiger partial charge in [-0.3, -0.25) is 4.98 Å². The zero-order chi connectivity index (χ0) is 32.2. The van der Waals surface area contributed by atoms with Gasteiger partial charge in [0.25, 0.3) is 0 Å². The highest BCUT2D eigenvalue weighted by Gasteiger charge is 2.33. The molecule has 0 aliphatic carbocycles. The molecule has 0 unspecified atom stereocenters. The summed E-state index contributed by atoms with van der Waals surface area (Å²) in [7, 11) is 0. The molecule has 5 aromatic rings. The number of rotatable bonds is 4. The number of amides is 1. The lowest BCUT2D eigenvalue weighted by Gasteiger charge is -2.41. The summed E-state index contributed by atoms with van der Waals surface area (Å²) in [5, 5.41) is 1.18. The van der Waals surface area contributed by atoms with Gasteiger partial charge in [0, 0.05) is 42.8 Å². The van der Waals surface area contributed by atoms with Gasteiger partial charge in [0.2, 0.25) is 0 Å². The average Bonchev–Trinajstić information content (AvgIpc) is 3.46. The third-order valence-corrected chi connectivity index (χ3v) is 8.01. The lowest BCUT2D eigenvalue weighted by molar-refractivity contribution is 0.0218. The van der Waals surface area contributed by atoms with Crippen LogP contribution < -0.4 is 10.6 Å². The van der Waals surface area contributed by atoms with E-state index in [0.29, 0.717) is 53.4 Å². The molecule has 0 saturated carbocycles. The molecule has 234 valence electrons. The summed E-state index contributed by atoms with van der Waals surface area (Å²) in [5.41, 5.74) is 2.19. The molecule has 11 heteroatoms. The summed E-state index contributed by atoms with van der Waals surface area (Å²) < 4.78 is 29.0. The number of hydrogen-bond acceptors (Lipinski definition) is 8. The number of carbonyl (C=O) groups excluding carboxylic acids is 1. The molecule has 6 rings (SSSR count). The number of furan rings is 1. The van der Waals surface area contributed by atoms with E-state index in [1.165, 1.54) is 10.6 Å². The molecule has 1 aliphatic heterocycles. The number of carbonyl (C=O) groups is 1. The second kappa shape index (κ2) is 11.3. The Hall–Kier alpha value is -4.80. The fourth-order valence-corrected chi connectivity index (χ4v) is 5.94. The van der Waals surface area contributed by atoms with Crippen molar-refractivity contribution in [2.45, 2.75) is 66.0 Å². The number of piperazine rings is 1. The highest BCUT2D eigenvalue weighted by atomic mass is 19.1. The van der Waals surface area contributed by atoms with Crippen molar-refractivity contribution in [1.29, 1.82) is 0 Å². The van der Waals surface area contributed by atoms with Gasteiger partial charge in [0.1, 0.15) is 22.7 Å². The molecule has 4 aromatic heterocycles. The second-order valence-electron chi connectivity index (χ2n) is 12.9. The summed E-state index contributed by atoms with van der Waals surface area (Å²) in [6.45, 7) is 14.4. The first-order chi connectivity index (χ1) is 21.3. The molecule has 1 atom stereocenters. The second-order valence-corrected chi connectivity index (χ2v) is 12.9. The Morgan fingerprint density at radius 1 is 1.13 bits per heavy atom. The van der Waals surface area contributed by atoms with Crippen LogP contribution in [-0.2, 0) is 4.74 Å². The van der Waals surface area contributed by atoms with E-state index in [1.54, 1.807) is 23.4 Å². The fourth-order valence-electron chi connectivity index (χ4n) is 5.94. The fraction of sp³-hybridized carbons (Fsp3) is 0.382. The van der Waals surface area contributed by atoms with E-state index in [-0.39, 0.29) is 23.3 Å². The number of aromatic nitrogens is 4. The van der Waals surface area contributed by atoms with E-state index < -0.39 is 23.2 Å². The summed E-state index contributed by atoms with van der Waals surface area (Å²) in [5.74, 6) is -0.282. The molecular weight excluding hydrogens is 575 g/mol. The molecule has 1 fully saturated rings. The van der Waals surface area contributed by atoms with Crippen molar-refractivity contribution >= 4 is 33.9 Å². The van der Waals surface area contributed by atoms with Crippen LogP contribution in [0.5, 0.6) is 0 Å². The highest BCUT2D eigenvalue weighted by Crippen LogP contribution is 2.35. The lowest BCUT2D eigenvalue weighted by atomic mass is 10.0. The van der Waals surface area contributed by atoms with Crippen LogP contribution in [0.4, 0.5) is 15.0 Å². The monoisotopic (exact) mass is 612 g/mol. The molecule has 45 heavy (non-hydrogen) atoms. The minimum Gasteiger partial charge on any atom is -0.464 e. The standard InChI is InChI=1S/C34H37FN6O4/c1-19(2)26-28(20(3)11-13-36-26)41-31-24(17-25(35)27(37-31)23-10-8-9-22-12-16-44-29(22)23)30(38-32(41)42)40-15-14-39(18-21(40)4)33(43)45-34(5,6)7/h8-13,16-17,19,21H,14-15,18H2,1-7H3/t21-/m0/s1. The first-order valence-corrected chi connectivity index (χ1v) is 15.1. The van der Waals surface area contributed by atoms with Crippen molar-refractivity contribution in [3.63, 3.8) is 0 Å². The van der Waals surface area contributed by atoms with Crippen LogP contribution in [0.1, 0.15) is 58.7 Å². The number of halogens is 1. The Morgan fingerprint density at radius 3 is 2.62 bits per heavy atom. The van der Waals surface area contributed by atoms with Crippen molar-refractivity contribution in [3.05, 3.63) is 76.4 Å². The number of fused-ring (bicyclic) bond motifs is 2. The van der Waals surface area contributed by atoms with Gasteiger partial charge in [-0.1, -0.05) is 26.0 Å². The van der Waals surface area contributed by atoms with Gasteiger partial charge >= 0.3 is 11.8 Å². The molecule has 1 saturated heterocycles. The number of benzene rings is 1. The maximum absolute atomic E-state index is 16.2. The molecule has 1 aliphatic rings. The normalized spacial score (nSPS) is 15.8. The van der Waals surface area contributed by atoms with Crippen molar-refractivity contribution in [2.24, 2.45) is 0 Å². The zero-order valence-corrected chi connectivity index (χ0v) is 26.6. The number of pyridine rings is 2. The van der Waals surface area contributed by atoms with Crippen LogP contribution in [0.25, 0.3) is 38.9 Å². The van der Waals surface area contributed by atoms with E-state index in [9.17, 15) is 9.59 Å². The van der Waals surface area contributed by atoms with E-state index in [0.717, 1.165) is 10.9 Å². The molecular formula is C34H37FN6O4. The average molecular weight is 613 g/mol. The van der Waals surface area contributed by atoms with Crippen molar-refractivity contribution in [3.8, 4) is 16.9 Å². The minimum absolute atomic E-state index is 0.0146. The van der Waals surface area contributed by atoms with E-state index in [2.05, 4.69) is 9.97 Å². The summed E-state index contributed by atoms with van der Waals surface area (Å²) in [6, 6.07) is 10.2. The topological polar surface area (TPSA) is 107 Å². The molecule has 0 bridgehead atoms. The van der Waals surface area contributed by atoms with Gasteiger partial charge < -0.3 is 19.0 Å². The van der Waals surface area contributed by atoms with Crippen LogP contribution in [0.3, 0.4) is 0 Å². The zero-order valence-electron chi connectivity index (χ0n) is 26.6. The van der Waals surface area contributed by atoms with Gasteiger partial charge in [-0.05, 0) is 70.4 Å². The van der Waals surface area contributed by atoms with E-state index >= 15 is 4.39 Å². The molecule has 0 N–H and O–H groups in total. The number of para-hydroxylation sites is 1. The predicted octanol–water partition coefficient (Wildman–Crippen LogP) is 6.61.